The fraction of sp³-hybridized carbons (Fsp3) is 0.458. The first-order valence-corrected chi connectivity index (χ1v) is 11.0. The Morgan fingerprint density at radius 1 is 1.06 bits per heavy atom. The molecule has 0 unspecified atom stereocenters. The molecule has 0 aliphatic carbocycles. The first-order valence-electron chi connectivity index (χ1n) is 11.0. The van der Waals surface area contributed by atoms with Gasteiger partial charge in [-0.15, -0.1) is 0 Å². The number of piperidine rings is 1. The normalized spacial score (nSPS) is 14.9. The first kappa shape index (κ1) is 23.6. The molecule has 174 valence electrons. The summed E-state index contributed by atoms with van der Waals surface area (Å²) in [7, 11) is 3.30. The fourth-order valence-corrected chi connectivity index (χ4v) is 3.82. The van der Waals surface area contributed by atoms with E-state index in [1.165, 1.54) is 18.2 Å². The number of hydrogen-bond acceptors (Lipinski definition) is 4. The van der Waals surface area contributed by atoms with Gasteiger partial charge in [0.2, 0.25) is 0 Å². The van der Waals surface area contributed by atoms with Gasteiger partial charge in [0.15, 0.2) is 5.96 Å². The van der Waals surface area contributed by atoms with E-state index in [4.69, 9.17) is 9.47 Å². The highest BCUT2D eigenvalue weighted by Gasteiger charge is 2.21. The molecule has 1 heterocycles. The predicted molar refractivity (Wildman–Crippen MR) is 124 cm³/mol. The summed E-state index contributed by atoms with van der Waals surface area (Å²) in [6, 6.07) is 10.1. The summed E-state index contributed by atoms with van der Waals surface area (Å²) in [4.78, 5) is 6.84. The van der Waals surface area contributed by atoms with Gasteiger partial charge in [-0.25, -0.2) is 8.78 Å². The standard InChI is InChI=1S/C24H32F2N4O2/c1-4-27-24(28-11-8-21-22(25)6-5-7-23(21)26)29-17-9-12-30(13-10-17)18-14-19(31-2)16-20(15-18)32-3/h5-7,14-17H,4,8-13H2,1-3H3,(H2,27,28,29). The predicted octanol–water partition coefficient (Wildman–Crippen LogP) is 3.75. The lowest BCUT2D eigenvalue weighted by Gasteiger charge is -2.34. The van der Waals surface area contributed by atoms with Crippen LogP contribution in [0.25, 0.3) is 0 Å². The van der Waals surface area contributed by atoms with Crippen LogP contribution in [-0.4, -0.2) is 52.4 Å². The molecule has 0 bridgehead atoms. The second-order valence-corrected chi connectivity index (χ2v) is 7.69. The molecule has 0 amide bonds. The van der Waals surface area contributed by atoms with Crippen molar-refractivity contribution in [1.29, 1.82) is 0 Å². The molecule has 1 aliphatic heterocycles. The molecule has 0 atom stereocenters. The Labute approximate surface area is 188 Å². The van der Waals surface area contributed by atoms with Gasteiger partial charge in [0.25, 0.3) is 0 Å². The molecule has 0 radical (unpaired) electrons. The third-order valence-electron chi connectivity index (χ3n) is 5.57. The molecule has 0 aromatic heterocycles. The zero-order valence-corrected chi connectivity index (χ0v) is 19.0. The second kappa shape index (κ2) is 11.5. The van der Waals surface area contributed by atoms with E-state index < -0.39 is 11.6 Å². The topological polar surface area (TPSA) is 58.1 Å². The maximum Gasteiger partial charge on any atom is 0.191 e. The highest BCUT2D eigenvalue weighted by atomic mass is 19.1. The highest BCUT2D eigenvalue weighted by molar-refractivity contribution is 5.80. The molecule has 8 heteroatoms. The molecule has 0 spiro atoms. The SMILES string of the molecule is CCNC(=NCCc1c(F)cccc1F)NC1CCN(c2cc(OC)cc(OC)c2)CC1. The van der Waals surface area contributed by atoms with Crippen molar-refractivity contribution in [2.24, 2.45) is 4.99 Å². The van der Waals surface area contributed by atoms with Crippen molar-refractivity contribution in [3.05, 3.63) is 53.6 Å². The van der Waals surface area contributed by atoms with Gasteiger partial charge in [0, 0.05) is 61.7 Å². The van der Waals surface area contributed by atoms with Crippen LogP contribution < -0.4 is 25.0 Å². The average molecular weight is 447 g/mol. The molecule has 0 saturated carbocycles. The number of ether oxygens (including phenoxy) is 2. The molecule has 3 rings (SSSR count). The molecule has 32 heavy (non-hydrogen) atoms. The molecule has 2 aromatic carbocycles. The van der Waals surface area contributed by atoms with Crippen LogP contribution in [0.3, 0.4) is 0 Å². The van der Waals surface area contributed by atoms with Crippen LogP contribution in [0, 0.1) is 11.6 Å². The molecule has 1 aliphatic rings. The lowest BCUT2D eigenvalue weighted by molar-refractivity contribution is 0.393. The number of nitrogens with one attached hydrogen (secondary N) is 2. The van der Waals surface area contributed by atoms with E-state index in [-0.39, 0.29) is 18.0 Å². The summed E-state index contributed by atoms with van der Waals surface area (Å²) < 4.78 is 38.4. The van der Waals surface area contributed by atoms with Gasteiger partial charge in [-0.3, -0.25) is 4.99 Å². The maximum absolute atomic E-state index is 13.8. The summed E-state index contributed by atoms with van der Waals surface area (Å²) in [5.74, 6) is 1.16. The summed E-state index contributed by atoms with van der Waals surface area (Å²) >= 11 is 0. The van der Waals surface area contributed by atoms with Crippen molar-refractivity contribution < 1.29 is 18.3 Å². The monoisotopic (exact) mass is 446 g/mol. The molecular formula is C24H32F2N4O2. The number of methoxy groups -OCH3 is 2. The Balaban J connectivity index is 1.56. The van der Waals surface area contributed by atoms with Gasteiger partial charge in [0.05, 0.1) is 14.2 Å². The lowest BCUT2D eigenvalue weighted by atomic mass is 10.0. The number of guanidine groups is 1. The van der Waals surface area contributed by atoms with Crippen molar-refractivity contribution >= 4 is 11.6 Å². The van der Waals surface area contributed by atoms with Crippen LogP contribution in [0.5, 0.6) is 11.5 Å². The summed E-state index contributed by atoms with van der Waals surface area (Å²) in [5.41, 5.74) is 1.15. The van der Waals surface area contributed by atoms with Gasteiger partial charge in [0.1, 0.15) is 23.1 Å². The van der Waals surface area contributed by atoms with Gasteiger partial charge < -0.3 is 25.0 Å². The molecule has 1 fully saturated rings. The Kier molecular flexibility index (Phi) is 8.53. The van der Waals surface area contributed by atoms with Crippen molar-refractivity contribution in [3.63, 3.8) is 0 Å². The van der Waals surface area contributed by atoms with Crippen LogP contribution >= 0.6 is 0 Å². The molecule has 2 N–H and O–H groups in total. The Bertz CT molecular complexity index is 872. The minimum Gasteiger partial charge on any atom is -0.497 e. The zero-order chi connectivity index (χ0) is 22.9. The fourth-order valence-electron chi connectivity index (χ4n) is 3.82. The minimum absolute atomic E-state index is 0.0779. The van der Waals surface area contributed by atoms with E-state index in [1.54, 1.807) is 14.2 Å². The van der Waals surface area contributed by atoms with Crippen LogP contribution in [0.1, 0.15) is 25.3 Å². The number of aliphatic imine (C=N–C) groups is 1. The first-order chi connectivity index (χ1) is 15.5. The molecule has 6 nitrogen and oxygen atoms in total. The van der Waals surface area contributed by atoms with E-state index in [1.807, 2.05) is 25.1 Å². The summed E-state index contributed by atoms with van der Waals surface area (Å²) in [6.45, 7) is 4.77. The zero-order valence-electron chi connectivity index (χ0n) is 19.0. The van der Waals surface area contributed by atoms with E-state index in [0.29, 0.717) is 19.0 Å². The number of rotatable bonds is 8. The maximum atomic E-state index is 13.8. The molecule has 1 saturated heterocycles. The van der Waals surface area contributed by atoms with E-state index >= 15 is 0 Å². The van der Waals surface area contributed by atoms with Crippen molar-refractivity contribution in [2.75, 3.05) is 45.3 Å². The minimum atomic E-state index is -0.528. The number of benzene rings is 2. The van der Waals surface area contributed by atoms with Crippen molar-refractivity contribution in [1.82, 2.24) is 10.6 Å². The molecular weight excluding hydrogens is 414 g/mol. The Morgan fingerprint density at radius 2 is 1.69 bits per heavy atom. The van der Waals surface area contributed by atoms with Crippen LogP contribution in [-0.2, 0) is 6.42 Å². The van der Waals surface area contributed by atoms with E-state index in [9.17, 15) is 8.78 Å². The van der Waals surface area contributed by atoms with Crippen molar-refractivity contribution in [3.8, 4) is 11.5 Å². The average Bonchev–Trinajstić information content (AvgIpc) is 2.81. The smallest absolute Gasteiger partial charge is 0.191 e. The van der Waals surface area contributed by atoms with Crippen LogP contribution in [0.4, 0.5) is 14.5 Å². The number of nitrogens with zero attached hydrogens (tertiary/aromatic N) is 2. The van der Waals surface area contributed by atoms with E-state index in [0.717, 1.165) is 43.1 Å². The second-order valence-electron chi connectivity index (χ2n) is 7.69. The van der Waals surface area contributed by atoms with Gasteiger partial charge in [-0.2, -0.15) is 0 Å². The quantitative estimate of drug-likeness (QED) is 0.478. The van der Waals surface area contributed by atoms with Gasteiger partial charge in [-0.1, -0.05) is 6.07 Å². The summed E-state index contributed by atoms with van der Waals surface area (Å²) in [5, 5.41) is 6.69. The Morgan fingerprint density at radius 3 is 2.25 bits per heavy atom. The Hall–Kier alpha value is -3.03. The number of hydrogen-bond donors (Lipinski definition) is 2. The molecule has 2 aromatic rings. The van der Waals surface area contributed by atoms with E-state index in [2.05, 4.69) is 20.5 Å². The summed E-state index contributed by atoms with van der Waals surface area (Å²) in [6.07, 6.45) is 2.09. The highest BCUT2D eigenvalue weighted by Crippen LogP contribution is 2.30. The number of anilines is 1. The largest absolute Gasteiger partial charge is 0.497 e. The van der Waals surface area contributed by atoms with Gasteiger partial charge in [-0.05, 0) is 38.3 Å². The number of halogens is 2. The third kappa shape index (κ3) is 6.24. The third-order valence-corrected chi connectivity index (χ3v) is 5.57. The van der Waals surface area contributed by atoms with Gasteiger partial charge >= 0.3 is 0 Å². The van der Waals surface area contributed by atoms with Crippen molar-refractivity contribution in [2.45, 2.75) is 32.2 Å². The van der Waals surface area contributed by atoms with Crippen LogP contribution in [0.2, 0.25) is 0 Å². The van der Waals surface area contributed by atoms with Crippen LogP contribution in [0.15, 0.2) is 41.4 Å². The lowest BCUT2D eigenvalue weighted by Crippen LogP contribution is -2.48.